The minimum absolute atomic E-state index is 0.00239. The lowest BCUT2D eigenvalue weighted by Crippen LogP contribution is -2.31. The fourth-order valence-corrected chi connectivity index (χ4v) is 2.49. The topological polar surface area (TPSA) is 9.23 Å². The van der Waals surface area contributed by atoms with E-state index in [1.807, 2.05) is 0 Å². The van der Waals surface area contributed by atoms with Crippen molar-refractivity contribution >= 4 is 0 Å². The van der Waals surface area contributed by atoms with Gasteiger partial charge in [0, 0.05) is 12.5 Å². The second-order valence-electron chi connectivity index (χ2n) is 4.78. The molecule has 0 aliphatic carbocycles. The van der Waals surface area contributed by atoms with Crippen molar-refractivity contribution < 1.29 is 4.74 Å². The van der Waals surface area contributed by atoms with Crippen molar-refractivity contribution in [2.75, 3.05) is 6.61 Å². The quantitative estimate of drug-likeness (QED) is 0.699. The van der Waals surface area contributed by atoms with Gasteiger partial charge in [0.1, 0.15) is 0 Å². The Morgan fingerprint density at radius 3 is 2.88 bits per heavy atom. The normalized spacial score (nSPS) is 29.2. The summed E-state index contributed by atoms with van der Waals surface area (Å²) in [6.45, 7) is 7.01. The molecule has 1 aromatic carbocycles. The predicted molar refractivity (Wildman–Crippen MR) is 67.4 cm³/mol. The minimum Gasteiger partial charge on any atom is -0.375 e. The Morgan fingerprint density at radius 2 is 2.19 bits per heavy atom. The van der Waals surface area contributed by atoms with E-state index in [1.165, 1.54) is 5.56 Å². The molecule has 0 radical (unpaired) electrons. The highest BCUT2D eigenvalue weighted by molar-refractivity contribution is 5.15. The summed E-state index contributed by atoms with van der Waals surface area (Å²) < 4.78 is 5.89. The maximum absolute atomic E-state index is 5.89. The Kier molecular flexibility index (Phi) is 3.45. The van der Waals surface area contributed by atoms with Crippen LogP contribution in [0.15, 0.2) is 43.0 Å². The van der Waals surface area contributed by atoms with E-state index in [9.17, 15) is 0 Å². The van der Waals surface area contributed by atoms with Gasteiger partial charge in [-0.25, -0.2) is 0 Å². The minimum atomic E-state index is -0.00239. The fourth-order valence-electron chi connectivity index (χ4n) is 2.49. The number of benzene rings is 1. The molecule has 1 aliphatic heterocycles. The number of ether oxygens (including phenoxy) is 1. The lowest BCUT2D eigenvalue weighted by Gasteiger charge is -2.28. The molecule has 1 nitrogen and oxygen atoms in total. The molecule has 1 aromatic rings. The molecule has 2 atom stereocenters. The summed E-state index contributed by atoms with van der Waals surface area (Å²) in [6, 6.07) is 10.6. The average molecular weight is 216 g/mol. The summed E-state index contributed by atoms with van der Waals surface area (Å²) in [6.07, 6.45) is 5.34. The van der Waals surface area contributed by atoms with Crippen molar-refractivity contribution in [3.05, 3.63) is 48.6 Å². The highest BCUT2D eigenvalue weighted by atomic mass is 16.5. The zero-order valence-electron chi connectivity index (χ0n) is 9.99. The van der Waals surface area contributed by atoms with Crippen LogP contribution in [-0.4, -0.2) is 12.2 Å². The number of aryl methyl sites for hydroxylation is 1. The second kappa shape index (κ2) is 4.84. The van der Waals surface area contributed by atoms with Crippen LogP contribution < -0.4 is 0 Å². The summed E-state index contributed by atoms with van der Waals surface area (Å²) in [5, 5.41) is 0. The number of hydrogen-bond donors (Lipinski definition) is 0. The van der Waals surface area contributed by atoms with Gasteiger partial charge in [-0.2, -0.15) is 0 Å². The van der Waals surface area contributed by atoms with Crippen LogP contribution in [-0.2, 0) is 11.2 Å². The molecule has 0 saturated carbocycles. The second-order valence-corrected chi connectivity index (χ2v) is 4.78. The molecule has 0 N–H and O–H groups in total. The van der Waals surface area contributed by atoms with Crippen LogP contribution in [0.4, 0.5) is 0 Å². The van der Waals surface area contributed by atoms with Crippen molar-refractivity contribution in [2.45, 2.75) is 31.8 Å². The average Bonchev–Trinajstić information content (AvgIpc) is 2.70. The summed E-state index contributed by atoms with van der Waals surface area (Å²) in [5.41, 5.74) is 1.39. The Morgan fingerprint density at radius 1 is 1.44 bits per heavy atom. The van der Waals surface area contributed by atoms with Gasteiger partial charge in [-0.3, -0.25) is 0 Å². The maximum Gasteiger partial charge on any atom is 0.0720 e. The molecule has 0 spiro atoms. The van der Waals surface area contributed by atoms with E-state index in [4.69, 9.17) is 4.74 Å². The van der Waals surface area contributed by atoms with Gasteiger partial charge >= 0.3 is 0 Å². The van der Waals surface area contributed by atoms with Gasteiger partial charge < -0.3 is 4.74 Å². The Hall–Kier alpha value is -1.08. The zero-order valence-corrected chi connectivity index (χ0v) is 9.99. The smallest absolute Gasteiger partial charge is 0.0720 e. The van der Waals surface area contributed by atoms with Gasteiger partial charge in [0.25, 0.3) is 0 Å². The third-order valence-corrected chi connectivity index (χ3v) is 3.68. The van der Waals surface area contributed by atoms with Crippen LogP contribution in [0.3, 0.4) is 0 Å². The van der Waals surface area contributed by atoms with Gasteiger partial charge in [0.15, 0.2) is 0 Å². The Labute approximate surface area is 98.1 Å². The van der Waals surface area contributed by atoms with E-state index in [1.54, 1.807) is 0 Å². The van der Waals surface area contributed by atoms with E-state index in [0.717, 1.165) is 25.9 Å². The number of hydrogen-bond acceptors (Lipinski definition) is 1. The van der Waals surface area contributed by atoms with Crippen molar-refractivity contribution in [1.29, 1.82) is 0 Å². The van der Waals surface area contributed by atoms with Crippen LogP contribution in [0, 0.1) is 5.92 Å². The Bertz CT molecular complexity index is 344. The third kappa shape index (κ3) is 2.35. The molecule has 1 saturated heterocycles. The standard InChI is InChI=1S/C15H20O/c1-3-14-10-12-16-15(14,2)11-9-13-7-5-4-6-8-13/h3-8,14H,1,9-12H2,2H3/t14-,15-/m0/s1. The largest absolute Gasteiger partial charge is 0.375 e. The monoisotopic (exact) mass is 216 g/mol. The third-order valence-electron chi connectivity index (χ3n) is 3.68. The molecule has 0 unspecified atom stereocenters. The molecule has 1 aliphatic rings. The summed E-state index contributed by atoms with van der Waals surface area (Å²) in [5.74, 6) is 0.510. The summed E-state index contributed by atoms with van der Waals surface area (Å²) in [7, 11) is 0. The molecular weight excluding hydrogens is 196 g/mol. The predicted octanol–water partition coefficient (Wildman–Crippen LogP) is 3.60. The molecule has 1 heterocycles. The molecule has 16 heavy (non-hydrogen) atoms. The first-order chi connectivity index (χ1) is 7.74. The van der Waals surface area contributed by atoms with Crippen LogP contribution in [0.5, 0.6) is 0 Å². The zero-order chi connectivity index (χ0) is 11.4. The van der Waals surface area contributed by atoms with Gasteiger partial charge in [-0.1, -0.05) is 36.4 Å². The van der Waals surface area contributed by atoms with Gasteiger partial charge in [0.05, 0.1) is 5.60 Å². The lowest BCUT2D eigenvalue weighted by molar-refractivity contribution is -0.00222. The van der Waals surface area contributed by atoms with E-state index in [2.05, 4.69) is 49.9 Å². The van der Waals surface area contributed by atoms with E-state index in [0.29, 0.717) is 5.92 Å². The SMILES string of the molecule is C=C[C@H]1CCO[C@@]1(C)CCc1ccccc1. The molecule has 0 bridgehead atoms. The van der Waals surface area contributed by atoms with E-state index in [-0.39, 0.29) is 5.60 Å². The van der Waals surface area contributed by atoms with Crippen molar-refractivity contribution in [3.8, 4) is 0 Å². The van der Waals surface area contributed by atoms with Crippen LogP contribution in [0.1, 0.15) is 25.3 Å². The van der Waals surface area contributed by atoms with Crippen molar-refractivity contribution in [2.24, 2.45) is 5.92 Å². The van der Waals surface area contributed by atoms with Gasteiger partial charge in [-0.15, -0.1) is 6.58 Å². The van der Waals surface area contributed by atoms with Crippen LogP contribution in [0.25, 0.3) is 0 Å². The fraction of sp³-hybridized carbons (Fsp3) is 0.467. The molecule has 1 fully saturated rings. The number of rotatable bonds is 4. The summed E-state index contributed by atoms with van der Waals surface area (Å²) >= 11 is 0. The Balaban J connectivity index is 1.97. The molecular formula is C15H20O. The molecule has 0 aromatic heterocycles. The van der Waals surface area contributed by atoms with Crippen molar-refractivity contribution in [3.63, 3.8) is 0 Å². The van der Waals surface area contributed by atoms with Crippen LogP contribution in [0.2, 0.25) is 0 Å². The first-order valence-corrected chi connectivity index (χ1v) is 6.05. The lowest BCUT2D eigenvalue weighted by atomic mass is 9.84. The van der Waals surface area contributed by atoms with Crippen LogP contribution >= 0.6 is 0 Å². The summed E-state index contributed by atoms with van der Waals surface area (Å²) in [4.78, 5) is 0. The van der Waals surface area contributed by atoms with Gasteiger partial charge in [0.2, 0.25) is 0 Å². The molecule has 2 rings (SSSR count). The first kappa shape index (κ1) is 11.4. The molecule has 86 valence electrons. The van der Waals surface area contributed by atoms with E-state index >= 15 is 0 Å². The maximum atomic E-state index is 5.89. The highest BCUT2D eigenvalue weighted by Crippen LogP contribution is 2.36. The van der Waals surface area contributed by atoms with Crippen molar-refractivity contribution in [1.82, 2.24) is 0 Å². The first-order valence-electron chi connectivity index (χ1n) is 6.05. The highest BCUT2D eigenvalue weighted by Gasteiger charge is 2.37. The molecule has 0 amide bonds. The van der Waals surface area contributed by atoms with E-state index < -0.39 is 0 Å². The molecule has 1 heteroatoms. The van der Waals surface area contributed by atoms with Gasteiger partial charge in [-0.05, 0) is 31.7 Å².